The van der Waals surface area contributed by atoms with Gasteiger partial charge in [-0.05, 0) is 25.5 Å². The molecule has 1 atom stereocenters. The first-order valence-electron chi connectivity index (χ1n) is 6.69. The normalized spacial score (nSPS) is 11.7. The van der Waals surface area contributed by atoms with E-state index < -0.39 is 12.0 Å². The molecule has 0 aliphatic heterocycles. The molecule has 1 heterocycles. The number of amides is 1. The summed E-state index contributed by atoms with van der Waals surface area (Å²) in [5.74, 6) is -0.873. The van der Waals surface area contributed by atoms with Crippen molar-refractivity contribution in [2.45, 2.75) is 39.2 Å². The Hall–Kier alpha value is -2.18. The molecule has 1 aromatic heterocycles. The monoisotopic (exact) mass is 280 g/mol. The van der Waals surface area contributed by atoms with E-state index in [9.17, 15) is 9.59 Å². The lowest BCUT2D eigenvalue weighted by Gasteiger charge is -2.14. The van der Waals surface area contributed by atoms with E-state index in [0.717, 1.165) is 12.8 Å². The van der Waals surface area contributed by atoms with Gasteiger partial charge in [-0.3, -0.25) is 4.79 Å². The molecule has 7 heteroatoms. The number of carbonyl (C=O) groups is 2. The summed E-state index contributed by atoms with van der Waals surface area (Å²) < 4.78 is 0. The molecule has 110 valence electrons. The van der Waals surface area contributed by atoms with Crippen LogP contribution in [0.15, 0.2) is 12.1 Å². The van der Waals surface area contributed by atoms with Crippen molar-refractivity contribution in [2.75, 3.05) is 11.9 Å². The number of nitrogens with zero attached hydrogens (tertiary/aromatic N) is 2. The summed E-state index contributed by atoms with van der Waals surface area (Å²) in [6, 6.07) is 2.37. The van der Waals surface area contributed by atoms with Gasteiger partial charge >= 0.3 is 5.97 Å². The summed E-state index contributed by atoms with van der Waals surface area (Å²) in [6.07, 6.45) is 2.26. The molecule has 0 bridgehead atoms. The van der Waals surface area contributed by atoms with Crippen LogP contribution in [0.5, 0.6) is 0 Å². The number of aromatic nitrogens is 2. The number of carboxylic acids is 1. The van der Waals surface area contributed by atoms with Crippen molar-refractivity contribution in [3.63, 3.8) is 0 Å². The van der Waals surface area contributed by atoms with Crippen molar-refractivity contribution < 1.29 is 14.7 Å². The Bertz CT molecular complexity index is 447. The quantitative estimate of drug-likeness (QED) is 0.662. The fourth-order valence-corrected chi connectivity index (χ4v) is 1.63. The van der Waals surface area contributed by atoms with Gasteiger partial charge in [0.15, 0.2) is 5.69 Å². The third-order valence-corrected chi connectivity index (χ3v) is 2.70. The minimum atomic E-state index is -0.923. The van der Waals surface area contributed by atoms with Crippen LogP contribution < -0.4 is 10.6 Å². The van der Waals surface area contributed by atoms with Crippen LogP contribution in [0.3, 0.4) is 0 Å². The number of carboxylic acid groups (broad SMARTS) is 1. The number of hydrogen-bond donors (Lipinski definition) is 3. The molecule has 0 aromatic carbocycles. The minimum Gasteiger partial charge on any atom is -0.480 e. The lowest BCUT2D eigenvalue weighted by atomic mass is 10.1. The summed E-state index contributed by atoms with van der Waals surface area (Å²) in [4.78, 5) is 22.6. The number of carbonyl (C=O) groups excluding carboxylic acids is 1. The van der Waals surface area contributed by atoms with Gasteiger partial charge in [0, 0.05) is 6.54 Å². The van der Waals surface area contributed by atoms with E-state index in [-0.39, 0.29) is 11.6 Å². The number of rotatable bonds is 8. The van der Waals surface area contributed by atoms with E-state index in [0.29, 0.717) is 18.8 Å². The molecule has 0 saturated heterocycles. The third kappa shape index (κ3) is 4.83. The highest BCUT2D eigenvalue weighted by Gasteiger charge is 2.17. The van der Waals surface area contributed by atoms with Crippen LogP contribution in [0.2, 0.25) is 0 Å². The second-order valence-corrected chi connectivity index (χ2v) is 4.34. The van der Waals surface area contributed by atoms with Crippen LogP contribution in [0, 0.1) is 0 Å². The van der Waals surface area contributed by atoms with Gasteiger partial charge in [-0.2, -0.15) is 0 Å². The van der Waals surface area contributed by atoms with Crippen molar-refractivity contribution in [1.82, 2.24) is 15.5 Å². The molecule has 1 rings (SSSR count). The average Bonchev–Trinajstić information content (AvgIpc) is 2.44. The average molecular weight is 280 g/mol. The van der Waals surface area contributed by atoms with Crippen LogP contribution in [-0.2, 0) is 4.79 Å². The Kier molecular flexibility index (Phi) is 6.42. The van der Waals surface area contributed by atoms with Crippen LogP contribution >= 0.6 is 0 Å². The van der Waals surface area contributed by atoms with Crippen molar-refractivity contribution in [3.05, 3.63) is 17.8 Å². The Morgan fingerprint density at radius 3 is 2.55 bits per heavy atom. The molecule has 0 spiro atoms. The van der Waals surface area contributed by atoms with Crippen LogP contribution in [-0.4, -0.2) is 39.8 Å². The van der Waals surface area contributed by atoms with Gasteiger partial charge in [0.1, 0.15) is 11.9 Å². The maximum atomic E-state index is 11.5. The zero-order chi connectivity index (χ0) is 15.0. The minimum absolute atomic E-state index is 0.206. The molecule has 0 fully saturated rings. The van der Waals surface area contributed by atoms with E-state index in [2.05, 4.69) is 20.8 Å². The summed E-state index contributed by atoms with van der Waals surface area (Å²) in [5, 5.41) is 22.1. The molecule has 3 N–H and O–H groups in total. The number of nitrogens with one attached hydrogen (secondary N) is 2. The van der Waals surface area contributed by atoms with Crippen LogP contribution in [0.4, 0.5) is 5.82 Å². The molecular weight excluding hydrogens is 260 g/mol. The highest BCUT2D eigenvalue weighted by molar-refractivity contribution is 5.92. The maximum absolute atomic E-state index is 11.5. The number of unbranched alkanes of at least 4 members (excludes halogenated alkanes) is 1. The Morgan fingerprint density at radius 2 is 2.05 bits per heavy atom. The first-order valence-corrected chi connectivity index (χ1v) is 6.69. The third-order valence-electron chi connectivity index (χ3n) is 2.70. The van der Waals surface area contributed by atoms with Crippen molar-refractivity contribution >= 4 is 17.7 Å². The van der Waals surface area contributed by atoms with Gasteiger partial charge in [0.25, 0.3) is 5.91 Å². The zero-order valence-corrected chi connectivity index (χ0v) is 11.7. The van der Waals surface area contributed by atoms with Gasteiger partial charge in [0.05, 0.1) is 0 Å². The molecule has 1 unspecified atom stereocenters. The fraction of sp³-hybridized carbons (Fsp3) is 0.538. The van der Waals surface area contributed by atoms with E-state index in [1.807, 2.05) is 13.8 Å². The molecule has 20 heavy (non-hydrogen) atoms. The predicted octanol–water partition coefficient (Wildman–Crippen LogP) is 1.28. The SMILES string of the molecule is CCCCC(Nc1ccc(C(=O)NCC)nn1)C(=O)O. The topological polar surface area (TPSA) is 104 Å². The standard InChI is InChI=1S/C13H20N4O3/c1-3-5-6-10(13(19)20)15-11-8-7-9(16-17-11)12(18)14-4-2/h7-8,10H,3-6H2,1-2H3,(H,14,18)(H,15,17)(H,19,20). The second-order valence-electron chi connectivity index (χ2n) is 4.34. The van der Waals surface area contributed by atoms with Gasteiger partial charge in [-0.25, -0.2) is 4.79 Å². The summed E-state index contributed by atoms with van der Waals surface area (Å²) in [5.41, 5.74) is 0.206. The Labute approximate surface area is 117 Å². The number of aliphatic carboxylic acids is 1. The van der Waals surface area contributed by atoms with E-state index in [1.165, 1.54) is 6.07 Å². The summed E-state index contributed by atoms with van der Waals surface area (Å²) in [6.45, 7) is 4.32. The fourth-order valence-electron chi connectivity index (χ4n) is 1.63. The molecular formula is C13H20N4O3. The van der Waals surface area contributed by atoms with Gasteiger partial charge in [-0.1, -0.05) is 19.8 Å². The van der Waals surface area contributed by atoms with E-state index in [4.69, 9.17) is 5.11 Å². The van der Waals surface area contributed by atoms with Crippen molar-refractivity contribution in [1.29, 1.82) is 0 Å². The van der Waals surface area contributed by atoms with Crippen molar-refractivity contribution in [2.24, 2.45) is 0 Å². The molecule has 0 radical (unpaired) electrons. The highest BCUT2D eigenvalue weighted by atomic mass is 16.4. The first-order chi connectivity index (χ1) is 9.58. The van der Waals surface area contributed by atoms with E-state index in [1.54, 1.807) is 6.07 Å². The molecule has 0 aliphatic rings. The molecule has 0 aliphatic carbocycles. The smallest absolute Gasteiger partial charge is 0.326 e. The molecule has 1 aromatic rings. The van der Waals surface area contributed by atoms with Crippen LogP contribution in [0.1, 0.15) is 43.6 Å². The Balaban J connectivity index is 2.67. The maximum Gasteiger partial charge on any atom is 0.326 e. The molecule has 7 nitrogen and oxygen atoms in total. The van der Waals surface area contributed by atoms with Gasteiger partial charge in [-0.15, -0.1) is 10.2 Å². The van der Waals surface area contributed by atoms with Gasteiger partial charge in [0.2, 0.25) is 0 Å². The highest BCUT2D eigenvalue weighted by Crippen LogP contribution is 2.09. The summed E-state index contributed by atoms with van der Waals surface area (Å²) in [7, 11) is 0. The largest absolute Gasteiger partial charge is 0.480 e. The van der Waals surface area contributed by atoms with Gasteiger partial charge < -0.3 is 15.7 Å². The number of anilines is 1. The predicted molar refractivity (Wildman–Crippen MR) is 74.6 cm³/mol. The number of hydrogen-bond acceptors (Lipinski definition) is 5. The molecule has 0 saturated carbocycles. The van der Waals surface area contributed by atoms with E-state index >= 15 is 0 Å². The van der Waals surface area contributed by atoms with Crippen molar-refractivity contribution in [3.8, 4) is 0 Å². The summed E-state index contributed by atoms with van der Waals surface area (Å²) >= 11 is 0. The lowest BCUT2D eigenvalue weighted by molar-refractivity contribution is -0.138. The Morgan fingerprint density at radius 1 is 1.30 bits per heavy atom. The van der Waals surface area contributed by atoms with Crippen LogP contribution in [0.25, 0.3) is 0 Å². The molecule has 1 amide bonds. The second kappa shape index (κ2) is 8.08. The first kappa shape index (κ1) is 15.9. The zero-order valence-electron chi connectivity index (χ0n) is 11.7. The lowest BCUT2D eigenvalue weighted by Crippen LogP contribution is -2.30.